The fraction of sp³-hybridized carbons (Fsp3) is 1.00. The van der Waals surface area contributed by atoms with E-state index in [0.29, 0.717) is 6.04 Å². The summed E-state index contributed by atoms with van der Waals surface area (Å²) in [5.41, 5.74) is 0. The van der Waals surface area contributed by atoms with E-state index in [1.54, 1.807) is 0 Å². The van der Waals surface area contributed by atoms with Crippen LogP contribution in [-0.4, -0.2) is 48.8 Å². The van der Waals surface area contributed by atoms with Crippen molar-refractivity contribution in [1.29, 1.82) is 0 Å². The van der Waals surface area contributed by atoms with Crippen LogP contribution in [0.5, 0.6) is 0 Å². The molecule has 1 aliphatic heterocycles. The topological polar surface area (TPSA) is 35.5 Å². The van der Waals surface area contributed by atoms with Gasteiger partial charge in [-0.05, 0) is 26.8 Å². The molecule has 1 aliphatic rings. The molecule has 1 heterocycles. The molecule has 0 spiro atoms. The summed E-state index contributed by atoms with van der Waals surface area (Å²) in [6.07, 6.45) is 1.83. The fourth-order valence-corrected chi connectivity index (χ4v) is 1.58. The van der Waals surface area contributed by atoms with Gasteiger partial charge in [-0.3, -0.25) is 0 Å². The smallest absolute Gasteiger partial charge is 0.0564 e. The predicted octanol–water partition coefficient (Wildman–Crippen LogP) is 0.0510. The van der Waals surface area contributed by atoms with Crippen molar-refractivity contribution < 1.29 is 5.11 Å². The van der Waals surface area contributed by atoms with E-state index in [4.69, 9.17) is 0 Å². The van der Waals surface area contributed by atoms with Crippen LogP contribution in [0.3, 0.4) is 0 Å². The van der Waals surface area contributed by atoms with Gasteiger partial charge >= 0.3 is 0 Å². The van der Waals surface area contributed by atoms with Gasteiger partial charge in [0.1, 0.15) is 0 Å². The molecule has 72 valence electrons. The Morgan fingerprint density at radius 3 is 2.58 bits per heavy atom. The molecule has 1 fully saturated rings. The van der Waals surface area contributed by atoms with Gasteiger partial charge < -0.3 is 15.3 Å². The minimum absolute atomic E-state index is 0.0499. The standard InChI is InChI=1S/C9H20N2O/c1-8(10-2)7-11-5-3-9(12)4-6-11/h8-10,12H,3-7H2,1-2H3. The van der Waals surface area contributed by atoms with Crippen LogP contribution < -0.4 is 5.32 Å². The van der Waals surface area contributed by atoms with Crippen LogP contribution >= 0.6 is 0 Å². The Morgan fingerprint density at radius 1 is 1.50 bits per heavy atom. The third-order valence-corrected chi connectivity index (χ3v) is 2.58. The summed E-state index contributed by atoms with van der Waals surface area (Å²) in [4.78, 5) is 2.41. The first kappa shape index (κ1) is 9.96. The van der Waals surface area contributed by atoms with Crippen molar-refractivity contribution in [3.05, 3.63) is 0 Å². The van der Waals surface area contributed by atoms with Crippen molar-refractivity contribution in [2.45, 2.75) is 31.9 Å². The van der Waals surface area contributed by atoms with E-state index < -0.39 is 0 Å². The van der Waals surface area contributed by atoms with Gasteiger partial charge in [-0.1, -0.05) is 0 Å². The molecular weight excluding hydrogens is 152 g/mol. The van der Waals surface area contributed by atoms with Gasteiger partial charge in [0.05, 0.1) is 6.10 Å². The number of piperidine rings is 1. The first-order valence-electron chi connectivity index (χ1n) is 4.80. The summed E-state index contributed by atoms with van der Waals surface area (Å²) in [6, 6.07) is 0.556. The lowest BCUT2D eigenvalue weighted by Crippen LogP contribution is -2.42. The zero-order valence-electron chi connectivity index (χ0n) is 8.08. The SMILES string of the molecule is CNC(C)CN1CCC(O)CC1. The first-order valence-corrected chi connectivity index (χ1v) is 4.80. The molecule has 0 bridgehead atoms. The molecule has 1 saturated heterocycles. The summed E-state index contributed by atoms with van der Waals surface area (Å²) in [5, 5.41) is 12.5. The highest BCUT2D eigenvalue weighted by Gasteiger charge is 2.17. The van der Waals surface area contributed by atoms with E-state index >= 15 is 0 Å². The van der Waals surface area contributed by atoms with Crippen LogP contribution in [0.1, 0.15) is 19.8 Å². The average molecular weight is 172 g/mol. The van der Waals surface area contributed by atoms with Crippen molar-refractivity contribution in [3.63, 3.8) is 0 Å². The number of likely N-dealkylation sites (tertiary alicyclic amines) is 1. The number of hydrogen-bond acceptors (Lipinski definition) is 3. The first-order chi connectivity index (χ1) is 5.72. The van der Waals surface area contributed by atoms with Gasteiger partial charge in [0.15, 0.2) is 0 Å². The van der Waals surface area contributed by atoms with Crippen molar-refractivity contribution in [2.75, 3.05) is 26.7 Å². The van der Waals surface area contributed by atoms with E-state index in [1.807, 2.05) is 7.05 Å². The number of likely N-dealkylation sites (N-methyl/N-ethyl adjacent to an activating group) is 1. The monoisotopic (exact) mass is 172 g/mol. The van der Waals surface area contributed by atoms with Crippen LogP contribution in [0.4, 0.5) is 0 Å². The molecule has 12 heavy (non-hydrogen) atoms. The van der Waals surface area contributed by atoms with Crippen molar-refractivity contribution in [2.24, 2.45) is 0 Å². The molecule has 2 N–H and O–H groups in total. The van der Waals surface area contributed by atoms with E-state index in [-0.39, 0.29) is 6.10 Å². The lowest BCUT2D eigenvalue weighted by Gasteiger charge is -2.31. The zero-order chi connectivity index (χ0) is 8.97. The number of nitrogens with one attached hydrogen (secondary N) is 1. The maximum Gasteiger partial charge on any atom is 0.0564 e. The van der Waals surface area contributed by atoms with Crippen LogP contribution in [0.15, 0.2) is 0 Å². The normalized spacial score (nSPS) is 24.2. The molecule has 1 rings (SSSR count). The Hall–Kier alpha value is -0.120. The van der Waals surface area contributed by atoms with Crippen molar-refractivity contribution >= 4 is 0 Å². The molecule has 1 atom stereocenters. The lowest BCUT2D eigenvalue weighted by atomic mass is 10.1. The predicted molar refractivity (Wildman–Crippen MR) is 50.2 cm³/mol. The summed E-state index contributed by atoms with van der Waals surface area (Å²) in [6.45, 7) is 5.38. The Morgan fingerprint density at radius 2 is 2.08 bits per heavy atom. The van der Waals surface area contributed by atoms with Gasteiger partial charge in [0.25, 0.3) is 0 Å². The van der Waals surface area contributed by atoms with E-state index in [9.17, 15) is 5.11 Å². The van der Waals surface area contributed by atoms with E-state index in [2.05, 4.69) is 17.1 Å². The van der Waals surface area contributed by atoms with Crippen LogP contribution in [0, 0.1) is 0 Å². The van der Waals surface area contributed by atoms with Crippen LogP contribution in [0.2, 0.25) is 0 Å². The Labute approximate surface area is 74.8 Å². The van der Waals surface area contributed by atoms with Gasteiger partial charge in [-0.15, -0.1) is 0 Å². The zero-order valence-corrected chi connectivity index (χ0v) is 8.08. The molecule has 0 aromatic heterocycles. The lowest BCUT2D eigenvalue weighted by molar-refractivity contribution is 0.0791. The van der Waals surface area contributed by atoms with Crippen LogP contribution in [0.25, 0.3) is 0 Å². The third kappa shape index (κ3) is 3.09. The van der Waals surface area contributed by atoms with Gasteiger partial charge in [-0.25, -0.2) is 0 Å². The number of rotatable bonds is 3. The Bertz CT molecular complexity index is 122. The van der Waals surface area contributed by atoms with E-state index in [1.165, 1.54) is 0 Å². The summed E-state index contributed by atoms with van der Waals surface area (Å²) >= 11 is 0. The molecular formula is C9H20N2O. The summed E-state index contributed by atoms with van der Waals surface area (Å²) in [5.74, 6) is 0. The molecule has 0 radical (unpaired) electrons. The molecule has 3 heteroatoms. The summed E-state index contributed by atoms with van der Waals surface area (Å²) in [7, 11) is 1.99. The van der Waals surface area contributed by atoms with Crippen molar-refractivity contribution in [3.8, 4) is 0 Å². The number of aliphatic hydroxyl groups excluding tert-OH is 1. The molecule has 0 amide bonds. The van der Waals surface area contributed by atoms with Crippen LogP contribution in [-0.2, 0) is 0 Å². The minimum atomic E-state index is -0.0499. The molecule has 0 aromatic rings. The second-order valence-corrected chi connectivity index (χ2v) is 3.72. The van der Waals surface area contributed by atoms with Gasteiger partial charge in [0, 0.05) is 25.7 Å². The number of aliphatic hydroxyl groups is 1. The second kappa shape index (κ2) is 4.80. The van der Waals surface area contributed by atoms with Gasteiger partial charge in [0.2, 0.25) is 0 Å². The molecule has 0 aliphatic carbocycles. The molecule has 0 aromatic carbocycles. The Kier molecular flexibility index (Phi) is 3.98. The average Bonchev–Trinajstić information content (AvgIpc) is 2.09. The Balaban J connectivity index is 2.17. The maximum absolute atomic E-state index is 9.28. The second-order valence-electron chi connectivity index (χ2n) is 3.72. The fourth-order valence-electron chi connectivity index (χ4n) is 1.58. The highest BCUT2D eigenvalue weighted by Crippen LogP contribution is 2.09. The summed E-state index contributed by atoms with van der Waals surface area (Å²) < 4.78 is 0. The molecule has 3 nitrogen and oxygen atoms in total. The van der Waals surface area contributed by atoms with Crippen molar-refractivity contribution in [1.82, 2.24) is 10.2 Å². The number of nitrogens with zero attached hydrogens (tertiary/aromatic N) is 1. The minimum Gasteiger partial charge on any atom is -0.393 e. The third-order valence-electron chi connectivity index (χ3n) is 2.58. The molecule has 1 unspecified atom stereocenters. The maximum atomic E-state index is 9.28. The number of hydrogen-bond donors (Lipinski definition) is 2. The van der Waals surface area contributed by atoms with Gasteiger partial charge in [-0.2, -0.15) is 0 Å². The van der Waals surface area contributed by atoms with E-state index in [0.717, 1.165) is 32.5 Å². The quantitative estimate of drug-likeness (QED) is 0.631. The largest absolute Gasteiger partial charge is 0.393 e. The highest BCUT2D eigenvalue weighted by molar-refractivity contribution is 4.73. The highest BCUT2D eigenvalue weighted by atomic mass is 16.3. The molecule has 0 saturated carbocycles.